The summed E-state index contributed by atoms with van der Waals surface area (Å²) in [6.45, 7) is 1.94. The minimum atomic E-state index is -0.861. The van der Waals surface area contributed by atoms with Crippen LogP contribution in [0.5, 0.6) is 17.4 Å². The highest BCUT2D eigenvalue weighted by Crippen LogP contribution is 2.22. The van der Waals surface area contributed by atoms with Crippen LogP contribution in [-0.4, -0.2) is 52.1 Å². The summed E-state index contributed by atoms with van der Waals surface area (Å²) in [4.78, 5) is 12.2. The molecule has 0 bridgehead atoms. The van der Waals surface area contributed by atoms with Gasteiger partial charge in [-0.1, -0.05) is 12.1 Å². The van der Waals surface area contributed by atoms with E-state index in [0.717, 1.165) is 11.3 Å². The lowest BCUT2D eigenvalue weighted by Gasteiger charge is -2.15. The van der Waals surface area contributed by atoms with Crippen molar-refractivity contribution in [1.82, 2.24) is 25.1 Å². The van der Waals surface area contributed by atoms with E-state index in [4.69, 9.17) is 14.2 Å². The lowest BCUT2D eigenvalue weighted by atomic mass is 10.2. The summed E-state index contributed by atoms with van der Waals surface area (Å²) >= 11 is 0. The predicted octanol–water partition coefficient (Wildman–Crippen LogP) is 2.90. The van der Waals surface area contributed by atoms with Crippen LogP contribution in [0.3, 0.4) is 0 Å². The van der Waals surface area contributed by atoms with Gasteiger partial charge in [0.15, 0.2) is 29.1 Å². The maximum atomic E-state index is 13.7. The molecule has 2 aromatic carbocycles. The molecule has 33 heavy (non-hydrogen) atoms. The first-order valence-electron chi connectivity index (χ1n) is 10.2. The molecule has 10 heteroatoms. The van der Waals surface area contributed by atoms with Crippen LogP contribution in [0.25, 0.3) is 17.0 Å². The molecule has 2 aromatic heterocycles. The molecule has 0 aliphatic heterocycles. The molecule has 9 nitrogen and oxygen atoms in total. The average Bonchev–Trinajstić information content (AvgIpc) is 3.26. The van der Waals surface area contributed by atoms with Gasteiger partial charge in [-0.25, -0.2) is 4.39 Å². The molecule has 4 rings (SSSR count). The molecular formula is C23H22FN5O4. The summed E-state index contributed by atoms with van der Waals surface area (Å²) < 4.78 is 31.5. The lowest BCUT2D eigenvalue weighted by molar-refractivity contribution is -0.127. The number of carbonyl (C=O) groups excluding carboxylic acids is 1. The summed E-state index contributed by atoms with van der Waals surface area (Å²) in [6.07, 6.45) is -0.861. The largest absolute Gasteiger partial charge is 0.497 e. The third-order valence-corrected chi connectivity index (χ3v) is 4.75. The van der Waals surface area contributed by atoms with E-state index in [1.165, 1.54) is 12.1 Å². The third kappa shape index (κ3) is 5.17. The second-order valence-corrected chi connectivity index (χ2v) is 7.02. The molecular weight excluding hydrogens is 429 g/mol. The van der Waals surface area contributed by atoms with Crippen molar-refractivity contribution in [3.63, 3.8) is 0 Å². The molecule has 1 amide bonds. The van der Waals surface area contributed by atoms with E-state index in [9.17, 15) is 9.18 Å². The van der Waals surface area contributed by atoms with Gasteiger partial charge in [-0.15, -0.1) is 15.3 Å². The van der Waals surface area contributed by atoms with Crippen LogP contribution in [0, 0.1) is 5.82 Å². The number of fused-ring (bicyclic) bond motifs is 1. The van der Waals surface area contributed by atoms with Gasteiger partial charge in [-0.2, -0.15) is 4.52 Å². The topological polar surface area (TPSA) is 99.9 Å². The Bertz CT molecular complexity index is 1250. The van der Waals surface area contributed by atoms with Crippen LogP contribution >= 0.6 is 0 Å². The normalized spacial score (nSPS) is 11.7. The van der Waals surface area contributed by atoms with Gasteiger partial charge in [0.25, 0.3) is 5.91 Å². The molecule has 170 valence electrons. The van der Waals surface area contributed by atoms with Gasteiger partial charge in [-0.3, -0.25) is 4.79 Å². The first-order chi connectivity index (χ1) is 16.0. The quantitative estimate of drug-likeness (QED) is 0.391. The number of nitrogens with one attached hydrogen (secondary N) is 1. The average molecular weight is 451 g/mol. The number of carbonyl (C=O) groups is 1. The fourth-order valence-electron chi connectivity index (χ4n) is 3.03. The van der Waals surface area contributed by atoms with E-state index in [1.54, 1.807) is 42.8 Å². The van der Waals surface area contributed by atoms with Crippen molar-refractivity contribution in [2.45, 2.75) is 13.0 Å². The van der Waals surface area contributed by atoms with Crippen molar-refractivity contribution >= 4 is 11.6 Å². The number of hydrogen-bond acceptors (Lipinski definition) is 7. The Morgan fingerprint density at radius 3 is 2.64 bits per heavy atom. The Labute approximate surface area is 189 Å². The number of para-hydroxylation sites is 1. The Balaban J connectivity index is 1.33. The van der Waals surface area contributed by atoms with Crippen LogP contribution in [0.15, 0.2) is 60.7 Å². The van der Waals surface area contributed by atoms with E-state index in [-0.39, 0.29) is 24.8 Å². The van der Waals surface area contributed by atoms with Crippen molar-refractivity contribution in [2.24, 2.45) is 0 Å². The summed E-state index contributed by atoms with van der Waals surface area (Å²) in [5.41, 5.74) is 1.39. The fraction of sp³-hybridized carbons (Fsp3) is 0.217. The van der Waals surface area contributed by atoms with Crippen LogP contribution < -0.4 is 19.5 Å². The zero-order chi connectivity index (χ0) is 23.2. The van der Waals surface area contributed by atoms with Crippen molar-refractivity contribution in [3.8, 4) is 28.8 Å². The Hall–Kier alpha value is -4.21. The Morgan fingerprint density at radius 1 is 1.09 bits per heavy atom. The number of benzene rings is 2. The molecule has 0 aliphatic carbocycles. The maximum absolute atomic E-state index is 13.7. The van der Waals surface area contributed by atoms with E-state index in [0.29, 0.717) is 17.4 Å². The van der Waals surface area contributed by atoms with Crippen molar-refractivity contribution in [1.29, 1.82) is 0 Å². The molecule has 1 N–H and O–H groups in total. The van der Waals surface area contributed by atoms with Gasteiger partial charge in [0, 0.05) is 11.6 Å². The van der Waals surface area contributed by atoms with Gasteiger partial charge in [0.2, 0.25) is 5.88 Å². The number of amides is 1. The van der Waals surface area contributed by atoms with Crippen LogP contribution in [0.2, 0.25) is 0 Å². The van der Waals surface area contributed by atoms with Crippen molar-refractivity contribution in [3.05, 3.63) is 66.5 Å². The molecule has 0 saturated carbocycles. The number of methoxy groups -OCH3 is 1. The molecule has 0 fully saturated rings. The molecule has 4 aromatic rings. The lowest BCUT2D eigenvalue weighted by Crippen LogP contribution is -2.38. The van der Waals surface area contributed by atoms with Crippen LogP contribution in [-0.2, 0) is 4.79 Å². The third-order valence-electron chi connectivity index (χ3n) is 4.75. The van der Waals surface area contributed by atoms with Crippen molar-refractivity contribution < 1.29 is 23.4 Å². The summed E-state index contributed by atoms with van der Waals surface area (Å²) in [5, 5.41) is 15.4. The zero-order valence-corrected chi connectivity index (χ0v) is 18.1. The SMILES string of the molecule is COc1ccc(-c2nnc3ccc(OCCNC(=O)C(C)Oc4ccccc4F)nn23)cc1. The van der Waals surface area contributed by atoms with E-state index < -0.39 is 11.9 Å². The van der Waals surface area contributed by atoms with Gasteiger partial charge in [0.05, 0.1) is 13.7 Å². The number of hydrogen-bond donors (Lipinski definition) is 1. The minimum Gasteiger partial charge on any atom is -0.497 e. The van der Waals surface area contributed by atoms with Crippen LogP contribution in [0.1, 0.15) is 6.92 Å². The molecule has 0 radical (unpaired) electrons. The fourth-order valence-corrected chi connectivity index (χ4v) is 3.03. The Kier molecular flexibility index (Phi) is 6.63. The van der Waals surface area contributed by atoms with Crippen LogP contribution in [0.4, 0.5) is 4.39 Å². The highest BCUT2D eigenvalue weighted by Gasteiger charge is 2.16. The molecule has 2 heterocycles. The molecule has 0 aliphatic rings. The number of aromatic nitrogens is 4. The summed E-state index contributed by atoms with van der Waals surface area (Å²) in [6, 6.07) is 16.7. The maximum Gasteiger partial charge on any atom is 0.260 e. The second-order valence-electron chi connectivity index (χ2n) is 7.02. The number of rotatable bonds is 9. The first-order valence-corrected chi connectivity index (χ1v) is 10.2. The molecule has 1 atom stereocenters. The molecule has 0 spiro atoms. The standard InChI is InChI=1S/C23H22FN5O4/c1-15(33-19-6-4-3-5-18(19)24)23(30)25-13-14-32-21-12-11-20-26-27-22(29(20)28-21)16-7-9-17(31-2)10-8-16/h3-12,15H,13-14H2,1-2H3,(H,25,30). The molecule has 0 saturated heterocycles. The van der Waals surface area contributed by atoms with Gasteiger partial charge in [-0.05, 0) is 49.4 Å². The highest BCUT2D eigenvalue weighted by atomic mass is 19.1. The summed E-state index contributed by atoms with van der Waals surface area (Å²) in [5.74, 6) is 0.763. The number of halogens is 1. The van der Waals surface area contributed by atoms with E-state index in [2.05, 4.69) is 20.6 Å². The second kappa shape index (κ2) is 9.94. The Morgan fingerprint density at radius 2 is 1.88 bits per heavy atom. The first kappa shape index (κ1) is 22.0. The van der Waals surface area contributed by atoms with Gasteiger partial charge < -0.3 is 19.5 Å². The van der Waals surface area contributed by atoms with E-state index >= 15 is 0 Å². The van der Waals surface area contributed by atoms with Gasteiger partial charge >= 0.3 is 0 Å². The smallest absolute Gasteiger partial charge is 0.260 e. The van der Waals surface area contributed by atoms with Crippen molar-refractivity contribution in [2.75, 3.05) is 20.3 Å². The number of ether oxygens (including phenoxy) is 3. The highest BCUT2D eigenvalue weighted by molar-refractivity contribution is 5.80. The molecule has 1 unspecified atom stereocenters. The van der Waals surface area contributed by atoms with E-state index in [1.807, 2.05) is 24.3 Å². The summed E-state index contributed by atoms with van der Waals surface area (Å²) in [7, 11) is 1.60. The number of nitrogens with zero attached hydrogens (tertiary/aromatic N) is 4. The van der Waals surface area contributed by atoms with Gasteiger partial charge in [0.1, 0.15) is 12.4 Å². The minimum absolute atomic E-state index is 0.0236. The predicted molar refractivity (Wildman–Crippen MR) is 118 cm³/mol. The zero-order valence-electron chi connectivity index (χ0n) is 18.1. The monoisotopic (exact) mass is 451 g/mol.